The number of morpholine rings is 1. The monoisotopic (exact) mass is 406 g/mol. The SMILES string of the molecule is Cc1cc(C(=O)NCC(c2ccccc2Cl)N2CCOCC2)c(C)cc1Cl. The van der Waals surface area contributed by atoms with Crippen molar-refractivity contribution in [1.82, 2.24) is 10.2 Å². The highest BCUT2D eigenvalue weighted by atomic mass is 35.5. The molecule has 1 fully saturated rings. The van der Waals surface area contributed by atoms with E-state index >= 15 is 0 Å². The molecule has 2 aromatic rings. The zero-order valence-corrected chi connectivity index (χ0v) is 17.1. The second-order valence-corrected chi connectivity index (χ2v) is 7.63. The normalized spacial score (nSPS) is 16.1. The first-order chi connectivity index (χ1) is 13.0. The molecule has 1 atom stereocenters. The van der Waals surface area contributed by atoms with Crippen molar-refractivity contribution >= 4 is 29.1 Å². The summed E-state index contributed by atoms with van der Waals surface area (Å²) < 4.78 is 5.48. The molecule has 1 unspecified atom stereocenters. The van der Waals surface area contributed by atoms with Crippen molar-refractivity contribution in [2.24, 2.45) is 0 Å². The fourth-order valence-electron chi connectivity index (χ4n) is 3.38. The van der Waals surface area contributed by atoms with Crippen molar-refractivity contribution < 1.29 is 9.53 Å². The average molecular weight is 407 g/mol. The minimum atomic E-state index is -0.0995. The molecule has 4 nitrogen and oxygen atoms in total. The Hall–Kier alpha value is -1.59. The molecular weight excluding hydrogens is 383 g/mol. The van der Waals surface area contributed by atoms with Gasteiger partial charge in [0, 0.05) is 35.2 Å². The fraction of sp³-hybridized carbons (Fsp3) is 0.381. The van der Waals surface area contributed by atoms with Crippen LogP contribution in [0.15, 0.2) is 36.4 Å². The lowest BCUT2D eigenvalue weighted by molar-refractivity contribution is 0.0162. The molecule has 0 bridgehead atoms. The Balaban J connectivity index is 1.79. The van der Waals surface area contributed by atoms with Crippen molar-refractivity contribution in [1.29, 1.82) is 0 Å². The van der Waals surface area contributed by atoms with Gasteiger partial charge in [-0.2, -0.15) is 0 Å². The number of ether oxygens (including phenoxy) is 1. The zero-order chi connectivity index (χ0) is 19.4. The number of carbonyl (C=O) groups excluding carboxylic acids is 1. The lowest BCUT2D eigenvalue weighted by atomic mass is 10.0. The van der Waals surface area contributed by atoms with Crippen LogP contribution in [0.3, 0.4) is 0 Å². The van der Waals surface area contributed by atoms with Crippen LogP contribution in [-0.4, -0.2) is 43.7 Å². The van der Waals surface area contributed by atoms with Gasteiger partial charge in [0.1, 0.15) is 0 Å². The Morgan fingerprint density at radius 2 is 1.81 bits per heavy atom. The van der Waals surface area contributed by atoms with Gasteiger partial charge in [-0.25, -0.2) is 0 Å². The number of benzene rings is 2. The predicted octanol–water partition coefficient (Wildman–Crippen LogP) is 4.41. The molecule has 1 aliphatic heterocycles. The van der Waals surface area contributed by atoms with Gasteiger partial charge in [0.15, 0.2) is 0 Å². The Morgan fingerprint density at radius 1 is 1.11 bits per heavy atom. The summed E-state index contributed by atoms with van der Waals surface area (Å²) in [5, 5.41) is 4.47. The quantitative estimate of drug-likeness (QED) is 0.798. The van der Waals surface area contributed by atoms with Gasteiger partial charge < -0.3 is 10.1 Å². The van der Waals surface area contributed by atoms with E-state index in [1.165, 1.54) is 0 Å². The molecule has 1 amide bonds. The van der Waals surface area contributed by atoms with E-state index in [0.717, 1.165) is 29.8 Å². The fourth-order valence-corrected chi connectivity index (χ4v) is 3.86. The summed E-state index contributed by atoms with van der Waals surface area (Å²) in [6.07, 6.45) is 0. The maximum atomic E-state index is 12.8. The molecule has 0 saturated carbocycles. The lowest BCUT2D eigenvalue weighted by Crippen LogP contribution is -2.44. The molecule has 1 aliphatic rings. The number of halogens is 2. The van der Waals surface area contributed by atoms with E-state index in [4.69, 9.17) is 27.9 Å². The van der Waals surface area contributed by atoms with Crippen molar-refractivity contribution in [3.63, 3.8) is 0 Å². The molecule has 0 aliphatic carbocycles. The van der Waals surface area contributed by atoms with E-state index in [9.17, 15) is 4.79 Å². The number of amides is 1. The van der Waals surface area contributed by atoms with Crippen molar-refractivity contribution in [3.05, 3.63) is 68.7 Å². The first-order valence-electron chi connectivity index (χ1n) is 9.08. The lowest BCUT2D eigenvalue weighted by Gasteiger charge is -2.35. The van der Waals surface area contributed by atoms with Crippen LogP contribution in [0.4, 0.5) is 0 Å². The van der Waals surface area contributed by atoms with Gasteiger partial charge in [-0.1, -0.05) is 41.4 Å². The van der Waals surface area contributed by atoms with Gasteiger partial charge in [0.2, 0.25) is 0 Å². The largest absolute Gasteiger partial charge is 0.379 e. The van der Waals surface area contributed by atoms with E-state index < -0.39 is 0 Å². The highest BCUT2D eigenvalue weighted by molar-refractivity contribution is 6.31. The highest BCUT2D eigenvalue weighted by Crippen LogP contribution is 2.28. The molecule has 0 radical (unpaired) electrons. The van der Waals surface area contributed by atoms with Crippen LogP contribution in [0.2, 0.25) is 10.0 Å². The van der Waals surface area contributed by atoms with Crippen molar-refractivity contribution in [2.75, 3.05) is 32.8 Å². The van der Waals surface area contributed by atoms with Crippen molar-refractivity contribution in [3.8, 4) is 0 Å². The molecule has 0 spiro atoms. The third-order valence-corrected chi connectivity index (χ3v) is 5.71. The van der Waals surface area contributed by atoms with E-state index in [1.807, 2.05) is 50.2 Å². The number of nitrogens with zero attached hydrogens (tertiary/aromatic N) is 1. The number of rotatable bonds is 5. The Labute approximate surface area is 170 Å². The molecule has 1 saturated heterocycles. The molecule has 6 heteroatoms. The summed E-state index contributed by atoms with van der Waals surface area (Å²) >= 11 is 12.6. The Kier molecular flexibility index (Phi) is 6.77. The van der Waals surface area contributed by atoms with Gasteiger partial charge in [0.05, 0.1) is 19.3 Å². The van der Waals surface area contributed by atoms with Crippen LogP contribution in [0, 0.1) is 13.8 Å². The van der Waals surface area contributed by atoms with Crippen LogP contribution < -0.4 is 5.32 Å². The Bertz CT molecular complexity index is 820. The minimum Gasteiger partial charge on any atom is -0.379 e. The Morgan fingerprint density at radius 3 is 2.52 bits per heavy atom. The van der Waals surface area contributed by atoms with E-state index in [1.54, 1.807) is 0 Å². The van der Waals surface area contributed by atoms with Crippen LogP contribution >= 0.6 is 23.2 Å². The predicted molar refractivity (Wildman–Crippen MR) is 110 cm³/mol. The summed E-state index contributed by atoms with van der Waals surface area (Å²) in [6.45, 7) is 7.26. The first-order valence-corrected chi connectivity index (χ1v) is 9.84. The first kappa shape index (κ1) is 20.2. The molecule has 27 heavy (non-hydrogen) atoms. The third kappa shape index (κ3) is 4.82. The van der Waals surface area contributed by atoms with E-state index in [0.29, 0.717) is 35.4 Å². The van der Waals surface area contributed by atoms with Crippen LogP contribution in [0.1, 0.15) is 33.1 Å². The summed E-state index contributed by atoms with van der Waals surface area (Å²) in [7, 11) is 0. The summed E-state index contributed by atoms with van der Waals surface area (Å²) in [4.78, 5) is 15.1. The second kappa shape index (κ2) is 9.07. The minimum absolute atomic E-state index is 0.000235. The van der Waals surface area contributed by atoms with Gasteiger partial charge in [-0.15, -0.1) is 0 Å². The number of hydrogen-bond donors (Lipinski definition) is 1. The van der Waals surface area contributed by atoms with Gasteiger partial charge in [-0.05, 0) is 48.7 Å². The topological polar surface area (TPSA) is 41.6 Å². The molecule has 1 heterocycles. The second-order valence-electron chi connectivity index (χ2n) is 6.81. The van der Waals surface area contributed by atoms with Gasteiger partial charge in [0.25, 0.3) is 5.91 Å². The molecule has 144 valence electrons. The van der Waals surface area contributed by atoms with Crippen LogP contribution in [0.5, 0.6) is 0 Å². The zero-order valence-electron chi connectivity index (χ0n) is 15.6. The van der Waals surface area contributed by atoms with Gasteiger partial charge in [-0.3, -0.25) is 9.69 Å². The third-order valence-electron chi connectivity index (χ3n) is 4.96. The van der Waals surface area contributed by atoms with Crippen LogP contribution in [0.25, 0.3) is 0 Å². The molecule has 3 rings (SSSR count). The smallest absolute Gasteiger partial charge is 0.251 e. The van der Waals surface area contributed by atoms with E-state index in [2.05, 4.69) is 10.2 Å². The number of nitrogens with one attached hydrogen (secondary N) is 1. The standard InChI is InChI=1S/C21H24Cl2N2O2/c1-14-12-19(23)15(2)11-17(14)21(26)24-13-20(25-7-9-27-10-8-25)16-5-3-4-6-18(16)22/h3-6,11-12,20H,7-10,13H2,1-2H3,(H,24,26). The average Bonchev–Trinajstić information content (AvgIpc) is 2.67. The molecular formula is C21H24Cl2N2O2. The summed E-state index contributed by atoms with van der Waals surface area (Å²) in [6, 6.07) is 11.5. The van der Waals surface area contributed by atoms with Gasteiger partial charge >= 0.3 is 0 Å². The maximum absolute atomic E-state index is 12.8. The van der Waals surface area contributed by atoms with Crippen molar-refractivity contribution in [2.45, 2.75) is 19.9 Å². The molecule has 2 aromatic carbocycles. The number of aryl methyl sites for hydroxylation is 2. The highest BCUT2D eigenvalue weighted by Gasteiger charge is 2.25. The number of carbonyl (C=O) groups is 1. The summed E-state index contributed by atoms with van der Waals surface area (Å²) in [5.74, 6) is -0.0995. The van der Waals surface area contributed by atoms with E-state index in [-0.39, 0.29) is 11.9 Å². The maximum Gasteiger partial charge on any atom is 0.251 e. The molecule has 0 aromatic heterocycles. The van der Waals surface area contributed by atoms with Crippen LogP contribution in [-0.2, 0) is 4.74 Å². The summed E-state index contributed by atoms with van der Waals surface area (Å²) in [5.41, 5.74) is 3.43. The number of hydrogen-bond acceptors (Lipinski definition) is 3. The molecule has 1 N–H and O–H groups in total.